The predicted octanol–water partition coefficient (Wildman–Crippen LogP) is 3.09. The number of aliphatic hydroxyl groups is 1. The maximum Gasteiger partial charge on any atom is 0.253 e. The van der Waals surface area contributed by atoms with Crippen LogP contribution in [0.2, 0.25) is 0 Å². The van der Waals surface area contributed by atoms with Crippen LogP contribution < -0.4 is 0 Å². The zero-order valence-corrected chi connectivity index (χ0v) is 13.2. The Morgan fingerprint density at radius 3 is 2.62 bits per heavy atom. The van der Waals surface area contributed by atoms with E-state index < -0.39 is 0 Å². The topological polar surface area (TPSA) is 66.6 Å². The van der Waals surface area contributed by atoms with Crippen LogP contribution in [0.5, 0.6) is 0 Å². The average molecular weight is 322 g/mol. The van der Waals surface area contributed by atoms with Crippen LogP contribution in [-0.2, 0) is 0 Å². The van der Waals surface area contributed by atoms with Gasteiger partial charge in [-0.25, -0.2) is 4.98 Å². The van der Waals surface area contributed by atoms with Crippen LogP contribution in [0.1, 0.15) is 23.2 Å². The zero-order valence-electron chi connectivity index (χ0n) is 13.2. The number of hydrogen-bond donors (Lipinski definition) is 1. The molecule has 1 aliphatic rings. The van der Waals surface area contributed by atoms with Crippen LogP contribution >= 0.6 is 0 Å². The molecule has 0 bridgehead atoms. The van der Waals surface area contributed by atoms with Gasteiger partial charge in [0.15, 0.2) is 5.58 Å². The monoisotopic (exact) mass is 322 g/mol. The van der Waals surface area contributed by atoms with E-state index in [0.29, 0.717) is 43.0 Å². The van der Waals surface area contributed by atoms with Crippen LogP contribution in [-0.4, -0.2) is 40.1 Å². The molecule has 0 atom stereocenters. The lowest BCUT2D eigenvalue weighted by Crippen LogP contribution is -2.40. The molecule has 1 saturated heterocycles. The summed E-state index contributed by atoms with van der Waals surface area (Å²) < 4.78 is 5.83. The number of fused-ring (bicyclic) bond motifs is 1. The van der Waals surface area contributed by atoms with Gasteiger partial charge in [0.1, 0.15) is 5.52 Å². The summed E-state index contributed by atoms with van der Waals surface area (Å²) in [6.07, 6.45) is 0.974. The van der Waals surface area contributed by atoms with Gasteiger partial charge in [0.05, 0.1) is 6.10 Å². The zero-order chi connectivity index (χ0) is 16.5. The predicted molar refractivity (Wildman–Crippen MR) is 90.6 cm³/mol. The Morgan fingerprint density at radius 1 is 1.12 bits per heavy atom. The largest absolute Gasteiger partial charge is 0.436 e. The third-order valence-corrected chi connectivity index (χ3v) is 4.41. The number of hydrogen-bond acceptors (Lipinski definition) is 4. The fourth-order valence-electron chi connectivity index (χ4n) is 3.01. The number of aromatic nitrogens is 1. The highest BCUT2D eigenvalue weighted by molar-refractivity contribution is 5.97. The Kier molecular flexibility index (Phi) is 3.78. The number of rotatable bonds is 2. The number of carbonyl (C=O) groups excluding carboxylic acids is 1. The van der Waals surface area contributed by atoms with Crippen molar-refractivity contribution in [2.75, 3.05) is 13.1 Å². The van der Waals surface area contributed by atoms with Gasteiger partial charge in [-0.3, -0.25) is 4.79 Å². The van der Waals surface area contributed by atoms with Crippen molar-refractivity contribution in [3.05, 3.63) is 54.1 Å². The van der Waals surface area contributed by atoms with Crippen LogP contribution in [0.3, 0.4) is 0 Å². The minimum Gasteiger partial charge on any atom is -0.436 e. The second kappa shape index (κ2) is 6.09. The fourth-order valence-corrected chi connectivity index (χ4v) is 3.01. The molecular weight excluding hydrogens is 304 g/mol. The van der Waals surface area contributed by atoms with Crippen molar-refractivity contribution in [1.82, 2.24) is 9.88 Å². The summed E-state index contributed by atoms with van der Waals surface area (Å²) in [5, 5.41) is 9.57. The fraction of sp³-hybridized carbons (Fsp3) is 0.263. The lowest BCUT2D eigenvalue weighted by atomic mass is 10.1. The van der Waals surface area contributed by atoms with E-state index in [9.17, 15) is 9.90 Å². The molecule has 0 unspecified atom stereocenters. The van der Waals surface area contributed by atoms with Crippen molar-refractivity contribution in [2.24, 2.45) is 0 Å². The maximum absolute atomic E-state index is 12.6. The molecule has 3 aromatic rings. The van der Waals surface area contributed by atoms with Crippen molar-refractivity contribution in [3.63, 3.8) is 0 Å². The molecule has 0 spiro atoms. The Balaban J connectivity index is 1.62. The highest BCUT2D eigenvalue weighted by atomic mass is 16.3. The normalized spacial score (nSPS) is 15.8. The molecule has 1 aliphatic heterocycles. The van der Waals surface area contributed by atoms with E-state index in [1.54, 1.807) is 17.0 Å². The highest BCUT2D eigenvalue weighted by Gasteiger charge is 2.23. The Morgan fingerprint density at radius 2 is 1.88 bits per heavy atom. The number of amides is 1. The van der Waals surface area contributed by atoms with E-state index in [1.165, 1.54) is 0 Å². The minimum absolute atomic E-state index is 0.0264. The molecule has 0 aliphatic carbocycles. The summed E-state index contributed by atoms with van der Waals surface area (Å²) in [7, 11) is 0. The van der Waals surface area contributed by atoms with Gasteiger partial charge in [0.2, 0.25) is 5.89 Å². The van der Waals surface area contributed by atoms with Gasteiger partial charge >= 0.3 is 0 Å². The molecule has 122 valence electrons. The van der Waals surface area contributed by atoms with Crippen molar-refractivity contribution in [2.45, 2.75) is 18.9 Å². The van der Waals surface area contributed by atoms with Crippen molar-refractivity contribution < 1.29 is 14.3 Å². The first-order valence-electron chi connectivity index (χ1n) is 8.14. The number of likely N-dealkylation sites (tertiary alicyclic amines) is 1. The summed E-state index contributed by atoms with van der Waals surface area (Å²) in [6, 6.07) is 15.0. The van der Waals surface area contributed by atoms with Crippen LogP contribution in [0.4, 0.5) is 0 Å². The first kappa shape index (κ1) is 14.9. The minimum atomic E-state index is -0.292. The van der Waals surface area contributed by atoms with Crippen LogP contribution in [0.25, 0.3) is 22.6 Å². The third-order valence-electron chi connectivity index (χ3n) is 4.41. The second-order valence-corrected chi connectivity index (χ2v) is 6.09. The first-order valence-corrected chi connectivity index (χ1v) is 8.14. The lowest BCUT2D eigenvalue weighted by Gasteiger charge is -2.29. The molecule has 2 aromatic carbocycles. The molecule has 4 rings (SSSR count). The SMILES string of the molecule is O=C(c1ccc2nc(-c3ccccc3)oc2c1)N1CCC(O)CC1. The molecule has 1 aromatic heterocycles. The average Bonchev–Trinajstić information content (AvgIpc) is 3.06. The number of nitrogens with zero attached hydrogens (tertiary/aromatic N) is 2. The van der Waals surface area contributed by atoms with Gasteiger partial charge in [0.25, 0.3) is 5.91 Å². The van der Waals surface area contributed by atoms with E-state index in [1.807, 2.05) is 36.4 Å². The molecule has 0 saturated carbocycles. The van der Waals surface area contributed by atoms with Crippen molar-refractivity contribution >= 4 is 17.0 Å². The molecule has 0 radical (unpaired) electrons. The molecule has 5 nitrogen and oxygen atoms in total. The number of piperidine rings is 1. The molecule has 1 amide bonds. The first-order chi connectivity index (χ1) is 11.7. The van der Waals surface area contributed by atoms with Gasteiger partial charge in [-0.1, -0.05) is 18.2 Å². The maximum atomic E-state index is 12.6. The van der Waals surface area contributed by atoms with Gasteiger partial charge in [-0.15, -0.1) is 0 Å². The molecular formula is C19H18N2O3. The Labute approximate surface area is 139 Å². The summed E-state index contributed by atoms with van der Waals surface area (Å²) in [5.74, 6) is 0.526. The Bertz CT molecular complexity index is 865. The van der Waals surface area contributed by atoms with Gasteiger partial charge in [0, 0.05) is 24.2 Å². The van der Waals surface area contributed by atoms with Crippen LogP contribution in [0.15, 0.2) is 52.9 Å². The van der Waals surface area contributed by atoms with E-state index in [0.717, 1.165) is 11.1 Å². The van der Waals surface area contributed by atoms with Gasteiger partial charge in [-0.2, -0.15) is 0 Å². The van der Waals surface area contributed by atoms with Crippen LogP contribution in [0, 0.1) is 0 Å². The van der Waals surface area contributed by atoms with E-state index in [2.05, 4.69) is 4.98 Å². The summed E-state index contributed by atoms with van der Waals surface area (Å²) >= 11 is 0. The van der Waals surface area contributed by atoms with Crippen molar-refractivity contribution in [1.29, 1.82) is 0 Å². The number of carbonyl (C=O) groups is 1. The smallest absolute Gasteiger partial charge is 0.253 e. The van der Waals surface area contributed by atoms with Gasteiger partial charge < -0.3 is 14.4 Å². The molecule has 1 fully saturated rings. The number of benzene rings is 2. The summed E-state index contributed by atoms with van der Waals surface area (Å²) in [5.41, 5.74) is 2.84. The highest BCUT2D eigenvalue weighted by Crippen LogP contribution is 2.25. The second-order valence-electron chi connectivity index (χ2n) is 6.09. The van der Waals surface area contributed by atoms with E-state index >= 15 is 0 Å². The van der Waals surface area contributed by atoms with Gasteiger partial charge in [-0.05, 0) is 43.2 Å². The quantitative estimate of drug-likeness (QED) is 0.787. The number of aliphatic hydroxyl groups excluding tert-OH is 1. The lowest BCUT2D eigenvalue weighted by molar-refractivity contribution is 0.0546. The molecule has 1 N–H and O–H groups in total. The van der Waals surface area contributed by atoms with E-state index in [-0.39, 0.29) is 12.0 Å². The molecule has 2 heterocycles. The molecule has 24 heavy (non-hydrogen) atoms. The summed E-state index contributed by atoms with van der Waals surface area (Å²) in [4.78, 5) is 18.9. The Hall–Kier alpha value is -2.66. The van der Waals surface area contributed by atoms with E-state index in [4.69, 9.17) is 4.42 Å². The number of oxazole rings is 1. The summed E-state index contributed by atoms with van der Waals surface area (Å²) in [6.45, 7) is 1.17. The molecule has 5 heteroatoms. The standard InChI is InChI=1S/C19H18N2O3/c22-15-8-10-21(11-9-15)19(23)14-6-7-16-17(12-14)24-18(20-16)13-4-2-1-3-5-13/h1-7,12,15,22H,8-11H2. The third kappa shape index (κ3) is 2.78. The van der Waals surface area contributed by atoms with Crippen molar-refractivity contribution in [3.8, 4) is 11.5 Å².